The van der Waals surface area contributed by atoms with Crippen LogP contribution in [0.1, 0.15) is 6.92 Å². The third kappa shape index (κ3) is 5.57. The number of anilines is 1. The number of carbonyl (C=O) groups excluding carboxylic acids is 1. The maximum Gasteiger partial charge on any atom is 0.266 e. The van der Waals surface area contributed by atoms with Crippen LogP contribution in [0.3, 0.4) is 0 Å². The largest absolute Gasteiger partial charge is 0.479 e. The first-order valence-electron chi connectivity index (χ1n) is 11.1. The zero-order chi connectivity index (χ0) is 26.1. The van der Waals surface area contributed by atoms with E-state index in [9.17, 15) is 4.79 Å². The molecule has 4 aromatic carbocycles. The lowest BCUT2D eigenvalue weighted by Crippen LogP contribution is -2.42. The Morgan fingerprint density at radius 1 is 1.05 bits per heavy atom. The Bertz CT molecular complexity index is 1670. The smallest absolute Gasteiger partial charge is 0.266 e. The molecule has 1 unspecified atom stereocenters. The van der Waals surface area contributed by atoms with Gasteiger partial charge in [0, 0.05) is 20.7 Å². The first-order chi connectivity index (χ1) is 17.8. The number of benzene rings is 4. The van der Waals surface area contributed by atoms with Crippen LogP contribution < -0.4 is 15.4 Å². The summed E-state index contributed by atoms with van der Waals surface area (Å²) in [4.78, 5) is 17.3. The van der Waals surface area contributed by atoms with E-state index in [4.69, 9.17) is 44.6 Å². The van der Waals surface area contributed by atoms with Crippen LogP contribution in [-0.4, -0.2) is 22.1 Å². The molecule has 1 heterocycles. The van der Waals surface area contributed by atoms with E-state index in [1.54, 1.807) is 43.3 Å². The minimum atomic E-state index is -0.847. The topological polar surface area (TPSA) is 76.4 Å². The van der Waals surface area contributed by atoms with E-state index >= 15 is 0 Å². The van der Waals surface area contributed by atoms with Gasteiger partial charge < -0.3 is 14.5 Å². The van der Waals surface area contributed by atoms with Crippen LogP contribution in [0.15, 0.2) is 81.7 Å². The summed E-state index contributed by atoms with van der Waals surface area (Å²) in [5.41, 5.74) is 2.81. The maximum atomic E-state index is 12.6. The van der Waals surface area contributed by atoms with E-state index in [1.165, 1.54) is 0 Å². The number of nitrogens with one attached hydrogen (secondary N) is 2. The quantitative estimate of drug-likeness (QED) is 0.195. The van der Waals surface area contributed by atoms with Crippen LogP contribution in [-0.2, 0) is 4.79 Å². The van der Waals surface area contributed by atoms with Crippen molar-refractivity contribution in [2.24, 2.45) is 0 Å². The minimum Gasteiger partial charge on any atom is -0.479 e. The molecule has 186 valence electrons. The second-order valence-corrected chi connectivity index (χ2v) is 10.2. The molecule has 0 radical (unpaired) electrons. The summed E-state index contributed by atoms with van der Waals surface area (Å²) in [6, 6.07) is 22.2. The summed E-state index contributed by atoms with van der Waals surface area (Å²) in [6.07, 6.45) is -0.847. The molecular formula is C27H18BrCl2N3O3S. The molecule has 1 atom stereocenters. The summed E-state index contributed by atoms with van der Waals surface area (Å²) >= 11 is 20.9. The molecule has 1 amide bonds. The van der Waals surface area contributed by atoms with E-state index in [-0.39, 0.29) is 5.11 Å². The average Bonchev–Trinajstić information content (AvgIpc) is 3.29. The van der Waals surface area contributed by atoms with Crippen molar-refractivity contribution in [2.75, 3.05) is 5.32 Å². The third-order valence-electron chi connectivity index (χ3n) is 5.55. The van der Waals surface area contributed by atoms with Gasteiger partial charge in [0.15, 0.2) is 16.8 Å². The number of amides is 1. The number of aromatic nitrogens is 1. The van der Waals surface area contributed by atoms with E-state index in [0.717, 1.165) is 20.8 Å². The Morgan fingerprint density at radius 3 is 2.65 bits per heavy atom. The van der Waals surface area contributed by atoms with Crippen molar-refractivity contribution in [2.45, 2.75) is 13.0 Å². The highest BCUT2D eigenvalue weighted by atomic mass is 79.9. The van der Waals surface area contributed by atoms with Gasteiger partial charge in [-0.2, -0.15) is 0 Å². The van der Waals surface area contributed by atoms with Gasteiger partial charge in [-0.3, -0.25) is 10.1 Å². The van der Waals surface area contributed by atoms with E-state index < -0.39 is 12.0 Å². The number of thiocarbonyl (C=S) groups is 1. The molecule has 0 bridgehead atoms. The van der Waals surface area contributed by atoms with Crippen molar-refractivity contribution in [3.63, 3.8) is 0 Å². The Kier molecular flexibility index (Phi) is 7.35. The molecule has 0 saturated heterocycles. The lowest BCUT2D eigenvalue weighted by atomic mass is 10.0. The Morgan fingerprint density at radius 2 is 1.84 bits per heavy atom. The molecule has 5 rings (SSSR count). The van der Waals surface area contributed by atoms with Crippen molar-refractivity contribution in [1.29, 1.82) is 0 Å². The second-order valence-electron chi connectivity index (χ2n) is 8.12. The molecule has 6 nitrogen and oxygen atoms in total. The van der Waals surface area contributed by atoms with Crippen molar-refractivity contribution in [1.82, 2.24) is 10.3 Å². The van der Waals surface area contributed by atoms with Crippen molar-refractivity contribution < 1.29 is 13.9 Å². The summed E-state index contributed by atoms with van der Waals surface area (Å²) in [5, 5.41) is 8.62. The Hall–Kier alpha value is -3.17. The van der Waals surface area contributed by atoms with Crippen LogP contribution in [0.4, 0.5) is 5.69 Å². The summed E-state index contributed by atoms with van der Waals surface area (Å²) in [5.74, 6) is 0.424. The van der Waals surface area contributed by atoms with Gasteiger partial charge in [-0.25, -0.2) is 4.98 Å². The van der Waals surface area contributed by atoms with E-state index in [2.05, 4.69) is 31.5 Å². The Balaban J connectivity index is 1.29. The van der Waals surface area contributed by atoms with Gasteiger partial charge in [0.25, 0.3) is 5.91 Å². The fourth-order valence-electron chi connectivity index (χ4n) is 3.77. The predicted octanol–water partition coefficient (Wildman–Crippen LogP) is 8.00. The highest BCUT2D eigenvalue weighted by molar-refractivity contribution is 9.10. The number of rotatable bonds is 5. The standard InChI is InChI=1S/C27H18BrCl2N3O3S/c1-14(35-23-10-8-15(29)12-21(23)30)25(34)33-27(37)31-16-9-11-24-22(13-16)32-26(36-24)19-6-2-5-18-17(19)4-3-7-20(18)28/h2-14H,1H3,(H2,31,33,34,37). The van der Waals surface area contributed by atoms with Crippen LogP contribution in [0.2, 0.25) is 10.0 Å². The first-order valence-corrected chi connectivity index (χ1v) is 13.1. The second kappa shape index (κ2) is 10.7. The highest BCUT2D eigenvalue weighted by Crippen LogP contribution is 2.34. The normalized spacial score (nSPS) is 11.9. The maximum absolute atomic E-state index is 12.6. The van der Waals surface area contributed by atoms with Gasteiger partial charge in [-0.1, -0.05) is 63.4 Å². The predicted molar refractivity (Wildman–Crippen MR) is 156 cm³/mol. The molecule has 0 aliphatic rings. The molecule has 0 aliphatic carbocycles. The highest BCUT2D eigenvalue weighted by Gasteiger charge is 2.18. The molecule has 37 heavy (non-hydrogen) atoms. The number of halogens is 3. The number of hydrogen-bond acceptors (Lipinski definition) is 5. The molecule has 0 spiro atoms. The van der Waals surface area contributed by atoms with Crippen molar-refractivity contribution >= 4 is 89.9 Å². The summed E-state index contributed by atoms with van der Waals surface area (Å²) in [6.45, 7) is 1.59. The summed E-state index contributed by atoms with van der Waals surface area (Å²) in [7, 11) is 0. The van der Waals surface area contributed by atoms with Crippen LogP contribution in [0.5, 0.6) is 5.75 Å². The number of hydrogen-bond donors (Lipinski definition) is 2. The number of nitrogens with zero attached hydrogens (tertiary/aromatic N) is 1. The van der Waals surface area contributed by atoms with Gasteiger partial charge in [-0.15, -0.1) is 0 Å². The van der Waals surface area contributed by atoms with E-state index in [0.29, 0.717) is 38.5 Å². The fraction of sp³-hybridized carbons (Fsp3) is 0.0741. The third-order valence-corrected chi connectivity index (χ3v) is 6.97. The molecule has 1 aromatic heterocycles. The minimum absolute atomic E-state index is 0.115. The van der Waals surface area contributed by atoms with Crippen molar-refractivity contribution in [3.8, 4) is 17.2 Å². The Labute approximate surface area is 236 Å². The molecule has 5 aromatic rings. The number of oxazole rings is 1. The molecule has 0 fully saturated rings. The lowest BCUT2D eigenvalue weighted by molar-refractivity contribution is -0.125. The lowest BCUT2D eigenvalue weighted by Gasteiger charge is -2.16. The molecule has 2 N–H and O–H groups in total. The molecular weight excluding hydrogens is 597 g/mol. The number of ether oxygens (including phenoxy) is 1. The van der Waals surface area contributed by atoms with Gasteiger partial charge in [-0.05, 0) is 78.4 Å². The van der Waals surface area contributed by atoms with Gasteiger partial charge in [0.05, 0.1) is 5.02 Å². The van der Waals surface area contributed by atoms with Crippen LogP contribution >= 0.6 is 51.3 Å². The van der Waals surface area contributed by atoms with E-state index in [1.807, 2.05) is 36.4 Å². The zero-order valence-electron chi connectivity index (χ0n) is 19.2. The van der Waals surface area contributed by atoms with Gasteiger partial charge in [0.2, 0.25) is 5.89 Å². The molecule has 0 aliphatic heterocycles. The monoisotopic (exact) mass is 613 g/mol. The van der Waals surface area contributed by atoms with Crippen LogP contribution in [0.25, 0.3) is 33.3 Å². The van der Waals surface area contributed by atoms with Gasteiger partial charge in [0.1, 0.15) is 11.3 Å². The van der Waals surface area contributed by atoms with Gasteiger partial charge >= 0.3 is 0 Å². The molecule has 10 heteroatoms. The molecule has 0 saturated carbocycles. The fourth-order valence-corrected chi connectivity index (χ4v) is 4.94. The number of fused-ring (bicyclic) bond motifs is 2. The number of carbonyl (C=O) groups is 1. The summed E-state index contributed by atoms with van der Waals surface area (Å²) < 4.78 is 12.7. The van der Waals surface area contributed by atoms with Crippen molar-refractivity contribution in [3.05, 3.63) is 87.3 Å². The average molecular weight is 615 g/mol. The zero-order valence-corrected chi connectivity index (χ0v) is 23.1. The SMILES string of the molecule is CC(Oc1ccc(Cl)cc1Cl)C(=O)NC(=S)Nc1ccc2oc(-c3cccc4c(Br)cccc34)nc2c1. The first kappa shape index (κ1) is 25.5. The van der Waals surface area contributed by atoms with Crippen LogP contribution in [0, 0.1) is 0 Å².